The van der Waals surface area contributed by atoms with Crippen molar-refractivity contribution in [2.75, 3.05) is 6.54 Å². The zero-order valence-corrected chi connectivity index (χ0v) is 14.9. The average molecular weight is 351 g/mol. The summed E-state index contributed by atoms with van der Waals surface area (Å²) in [5.41, 5.74) is 2.51. The van der Waals surface area contributed by atoms with Crippen molar-refractivity contribution in [1.29, 1.82) is 0 Å². The van der Waals surface area contributed by atoms with Crippen molar-refractivity contribution in [3.8, 4) is 0 Å². The standard InChI is InChI=1S/C22H25NO3/c1-3-7-17(8-4-1)15-24-20-14-23-19(13-22(26-23)11-12-22)21(20)25-16-18-9-5-2-6-10-18/h1-10,19-21H,11-16H2/t19-,20+,21+/m1/s1. The van der Waals surface area contributed by atoms with Gasteiger partial charge in [-0.3, -0.25) is 4.84 Å². The fourth-order valence-electron chi connectivity index (χ4n) is 4.16. The quantitative estimate of drug-likeness (QED) is 0.794. The first-order valence-electron chi connectivity index (χ1n) is 9.58. The molecule has 0 radical (unpaired) electrons. The molecule has 2 aromatic carbocycles. The van der Waals surface area contributed by atoms with Gasteiger partial charge < -0.3 is 9.47 Å². The van der Waals surface area contributed by atoms with Gasteiger partial charge >= 0.3 is 0 Å². The van der Waals surface area contributed by atoms with Gasteiger partial charge in [0.2, 0.25) is 0 Å². The monoisotopic (exact) mass is 351 g/mol. The number of ether oxygens (including phenoxy) is 2. The number of benzene rings is 2. The second-order valence-corrected chi connectivity index (χ2v) is 7.74. The Morgan fingerprint density at radius 1 is 0.885 bits per heavy atom. The van der Waals surface area contributed by atoms with Crippen LogP contribution in [0.3, 0.4) is 0 Å². The topological polar surface area (TPSA) is 30.9 Å². The summed E-state index contributed by atoms with van der Waals surface area (Å²) in [7, 11) is 0. The molecule has 0 amide bonds. The molecule has 1 spiro atoms. The molecular weight excluding hydrogens is 326 g/mol. The smallest absolute Gasteiger partial charge is 0.103 e. The second-order valence-electron chi connectivity index (χ2n) is 7.74. The first kappa shape index (κ1) is 16.5. The molecule has 2 heterocycles. The molecule has 26 heavy (non-hydrogen) atoms. The number of rotatable bonds is 6. The molecule has 0 bridgehead atoms. The maximum absolute atomic E-state index is 6.38. The molecule has 0 aromatic heterocycles. The molecule has 2 aliphatic heterocycles. The summed E-state index contributed by atoms with van der Waals surface area (Å²) >= 11 is 0. The van der Waals surface area contributed by atoms with Crippen molar-refractivity contribution in [2.24, 2.45) is 0 Å². The van der Waals surface area contributed by atoms with Crippen LogP contribution in [0.2, 0.25) is 0 Å². The van der Waals surface area contributed by atoms with Crippen molar-refractivity contribution in [1.82, 2.24) is 5.06 Å². The molecule has 4 heteroatoms. The van der Waals surface area contributed by atoms with E-state index in [1.807, 2.05) is 12.1 Å². The Kier molecular flexibility index (Phi) is 4.29. The number of hydroxylamine groups is 2. The van der Waals surface area contributed by atoms with Gasteiger partial charge in [-0.25, -0.2) is 0 Å². The highest BCUT2D eigenvalue weighted by Gasteiger charge is 2.60. The van der Waals surface area contributed by atoms with E-state index in [2.05, 4.69) is 53.6 Å². The van der Waals surface area contributed by atoms with Gasteiger partial charge in [-0.2, -0.15) is 5.06 Å². The van der Waals surface area contributed by atoms with Gasteiger partial charge in [-0.1, -0.05) is 60.7 Å². The van der Waals surface area contributed by atoms with E-state index in [4.69, 9.17) is 14.3 Å². The van der Waals surface area contributed by atoms with Crippen LogP contribution in [0.4, 0.5) is 0 Å². The number of hydrogen-bond acceptors (Lipinski definition) is 4. The van der Waals surface area contributed by atoms with E-state index in [0.29, 0.717) is 19.3 Å². The molecule has 2 saturated heterocycles. The van der Waals surface area contributed by atoms with Crippen molar-refractivity contribution in [3.63, 3.8) is 0 Å². The predicted molar refractivity (Wildman–Crippen MR) is 98.2 cm³/mol. The summed E-state index contributed by atoms with van der Waals surface area (Å²) in [4.78, 5) is 6.22. The van der Waals surface area contributed by atoms with Gasteiger partial charge in [0.25, 0.3) is 0 Å². The van der Waals surface area contributed by atoms with Crippen LogP contribution in [0.1, 0.15) is 30.4 Å². The van der Waals surface area contributed by atoms with E-state index < -0.39 is 0 Å². The van der Waals surface area contributed by atoms with E-state index in [1.165, 1.54) is 24.0 Å². The van der Waals surface area contributed by atoms with Gasteiger partial charge in [0.05, 0.1) is 31.4 Å². The summed E-state index contributed by atoms with van der Waals surface area (Å²) in [5, 5.41) is 2.14. The van der Waals surface area contributed by atoms with E-state index in [-0.39, 0.29) is 17.8 Å². The first-order chi connectivity index (χ1) is 12.8. The van der Waals surface area contributed by atoms with Gasteiger partial charge in [-0.15, -0.1) is 0 Å². The summed E-state index contributed by atoms with van der Waals surface area (Å²) < 4.78 is 12.6. The van der Waals surface area contributed by atoms with Gasteiger partial charge in [0.15, 0.2) is 0 Å². The highest BCUT2D eigenvalue weighted by Crippen LogP contribution is 2.52. The highest BCUT2D eigenvalue weighted by atomic mass is 16.7. The molecule has 136 valence electrons. The summed E-state index contributed by atoms with van der Waals surface area (Å²) in [6, 6.07) is 21.0. The molecule has 3 aliphatic rings. The average Bonchev–Trinajstić information content (AvgIpc) is 3.24. The second kappa shape index (κ2) is 6.78. The van der Waals surface area contributed by atoms with Crippen molar-refractivity contribution in [3.05, 3.63) is 71.8 Å². The highest BCUT2D eigenvalue weighted by molar-refractivity contribution is 5.15. The van der Waals surface area contributed by atoms with Crippen LogP contribution in [-0.4, -0.2) is 35.5 Å². The minimum atomic E-state index is 0.0417. The van der Waals surface area contributed by atoms with Gasteiger partial charge in [-0.05, 0) is 30.4 Å². The largest absolute Gasteiger partial charge is 0.369 e. The third-order valence-corrected chi connectivity index (χ3v) is 5.77. The molecule has 0 unspecified atom stereocenters. The van der Waals surface area contributed by atoms with E-state index in [9.17, 15) is 0 Å². The van der Waals surface area contributed by atoms with Crippen LogP contribution in [-0.2, 0) is 27.5 Å². The van der Waals surface area contributed by atoms with Crippen LogP contribution in [0.25, 0.3) is 0 Å². The summed E-state index contributed by atoms with van der Waals surface area (Å²) in [5.74, 6) is 0. The van der Waals surface area contributed by atoms with Crippen molar-refractivity contribution >= 4 is 0 Å². The van der Waals surface area contributed by atoms with E-state index in [1.54, 1.807) is 0 Å². The maximum atomic E-state index is 6.38. The third-order valence-electron chi connectivity index (χ3n) is 5.77. The SMILES string of the molecule is c1ccc(CO[C@@H]2[C@@H](OCc3ccccc3)CN3OC4(CC4)C[C@H]23)cc1. The summed E-state index contributed by atoms with van der Waals surface area (Å²) in [6.07, 6.45) is 3.53. The van der Waals surface area contributed by atoms with Crippen LogP contribution < -0.4 is 0 Å². The number of hydrogen-bond donors (Lipinski definition) is 0. The molecule has 1 saturated carbocycles. The molecular formula is C22H25NO3. The van der Waals surface area contributed by atoms with Crippen LogP contribution in [0, 0.1) is 0 Å². The normalized spacial score (nSPS) is 29.2. The van der Waals surface area contributed by atoms with E-state index in [0.717, 1.165) is 13.0 Å². The molecule has 3 atom stereocenters. The fraction of sp³-hybridized carbons (Fsp3) is 0.455. The lowest BCUT2D eigenvalue weighted by Crippen LogP contribution is -2.36. The zero-order valence-electron chi connectivity index (χ0n) is 14.9. The third kappa shape index (κ3) is 3.30. The van der Waals surface area contributed by atoms with Crippen molar-refractivity contribution in [2.45, 2.75) is 56.3 Å². The van der Waals surface area contributed by atoms with E-state index >= 15 is 0 Å². The zero-order chi connectivity index (χ0) is 17.4. The number of fused-ring (bicyclic) bond motifs is 1. The minimum Gasteiger partial charge on any atom is -0.369 e. The molecule has 2 aromatic rings. The Labute approximate surface area is 154 Å². The van der Waals surface area contributed by atoms with Crippen molar-refractivity contribution < 1.29 is 14.3 Å². The first-order valence-corrected chi connectivity index (χ1v) is 9.58. The van der Waals surface area contributed by atoms with Crippen LogP contribution >= 0.6 is 0 Å². The van der Waals surface area contributed by atoms with Gasteiger partial charge in [0, 0.05) is 0 Å². The molecule has 5 rings (SSSR count). The molecule has 1 aliphatic carbocycles. The maximum Gasteiger partial charge on any atom is 0.103 e. The Morgan fingerprint density at radius 3 is 2.12 bits per heavy atom. The lowest BCUT2D eigenvalue weighted by atomic mass is 10.0. The predicted octanol–water partition coefficient (Wildman–Crippen LogP) is 3.71. The molecule has 4 nitrogen and oxygen atoms in total. The summed E-state index contributed by atoms with van der Waals surface area (Å²) in [6.45, 7) is 2.02. The van der Waals surface area contributed by atoms with Crippen LogP contribution in [0.15, 0.2) is 60.7 Å². The molecule has 0 N–H and O–H groups in total. The van der Waals surface area contributed by atoms with Gasteiger partial charge in [0.1, 0.15) is 12.2 Å². The lowest BCUT2D eigenvalue weighted by Gasteiger charge is -2.24. The Morgan fingerprint density at radius 2 is 1.50 bits per heavy atom. The lowest BCUT2D eigenvalue weighted by molar-refractivity contribution is -0.166. The Bertz CT molecular complexity index is 732. The molecule has 3 fully saturated rings. The Hall–Kier alpha value is -1.72. The minimum absolute atomic E-state index is 0.0417. The fourth-order valence-corrected chi connectivity index (χ4v) is 4.16. The van der Waals surface area contributed by atoms with Crippen LogP contribution in [0.5, 0.6) is 0 Å². The number of nitrogens with zero attached hydrogens (tertiary/aromatic N) is 1. The Balaban J connectivity index is 1.27.